The maximum absolute atomic E-state index is 13.5. The van der Waals surface area contributed by atoms with Crippen LogP contribution >= 0.6 is 0 Å². The normalized spacial score (nSPS) is 12.8. The van der Waals surface area contributed by atoms with Gasteiger partial charge in [0.15, 0.2) is 0 Å². The molecule has 0 unspecified atom stereocenters. The summed E-state index contributed by atoms with van der Waals surface area (Å²) in [7, 11) is 3.93. The number of amides is 3. The minimum atomic E-state index is -0.268. The Hall–Kier alpha value is -4.75. The predicted octanol–water partition coefficient (Wildman–Crippen LogP) is 5.47. The number of carbonyl (C=O) groups excluding carboxylic acids is 3. The molecule has 40 heavy (non-hydrogen) atoms. The average Bonchev–Trinajstić information content (AvgIpc) is 2.96. The first kappa shape index (κ1) is 26.8. The summed E-state index contributed by atoms with van der Waals surface area (Å²) in [6, 6.07) is 29.7. The number of nitrogens with zero attached hydrogens (tertiary/aromatic N) is 3. The number of para-hydroxylation sites is 2. The highest BCUT2D eigenvalue weighted by Crippen LogP contribution is 2.34. The molecule has 1 aliphatic rings. The molecule has 1 N–H and O–H groups in total. The van der Waals surface area contributed by atoms with E-state index in [0.717, 1.165) is 28.9 Å². The maximum atomic E-state index is 13.5. The van der Waals surface area contributed by atoms with E-state index in [1.165, 1.54) is 4.90 Å². The number of rotatable bonds is 7. The van der Waals surface area contributed by atoms with Gasteiger partial charge in [-0.3, -0.25) is 19.3 Å². The first-order valence-electron chi connectivity index (χ1n) is 13.3. The second-order valence-electron chi connectivity index (χ2n) is 10.1. The molecule has 7 nitrogen and oxygen atoms in total. The van der Waals surface area contributed by atoms with E-state index in [1.54, 1.807) is 29.2 Å². The van der Waals surface area contributed by atoms with Crippen LogP contribution < -0.4 is 15.1 Å². The third kappa shape index (κ3) is 5.51. The summed E-state index contributed by atoms with van der Waals surface area (Å²) >= 11 is 0. The standard InChI is InChI=1S/C33H32N4O3/c1-23-10-4-5-11-26(23)27-12-6-7-13-28(27)32(39)34-25-18-16-24(17-19-25)33(40)37-22-31(38)36(21-20-35(2)3)29-14-8-9-15-30(29)37/h4-19H,20-22H2,1-3H3,(H,34,39). The lowest BCUT2D eigenvalue weighted by Gasteiger charge is -2.36. The molecule has 4 aromatic carbocycles. The lowest BCUT2D eigenvalue weighted by molar-refractivity contribution is -0.117. The molecule has 0 fully saturated rings. The topological polar surface area (TPSA) is 73.0 Å². The smallest absolute Gasteiger partial charge is 0.258 e. The number of benzene rings is 4. The fraction of sp³-hybridized carbons (Fsp3) is 0.182. The van der Waals surface area contributed by atoms with Gasteiger partial charge in [0.1, 0.15) is 6.54 Å². The van der Waals surface area contributed by atoms with Crippen LogP contribution in [0.5, 0.6) is 0 Å². The molecule has 0 aliphatic carbocycles. The second-order valence-corrected chi connectivity index (χ2v) is 10.1. The quantitative estimate of drug-likeness (QED) is 0.343. The van der Waals surface area contributed by atoms with Crippen LogP contribution in [0.2, 0.25) is 0 Å². The zero-order valence-corrected chi connectivity index (χ0v) is 22.9. The molecule has 1 aliphatic heterocycles. The monoisotopic (exact) mass is 532 g/mol. The van der Waals surface area contributed by atoms with Crippen LogP contribution in [-0.2, 0) is 4.79 Å². The Labute approximate surface area is 234 Å². The lowest BCUT2D eigenvalue weighted by Crippen LogP contribution is -2.49. The number of carbonyl (C=O) groups is 3. The molecule has 7 heteroatoms. The first-order chi connectivity index (χ1) is 19.3. The number of nitrogens with one attached hydrogen (secondary N) is 1. The summed E-state index contributed by atoms with van der Waals surface area (Å²) in [6.45, 7) is 3.26. The molecule has 0 atom stereocenters. The highest BCUT2D eigenvalue weighted by Gasteiger charge is 2.32. The van der Waals surface area contributed by atoms with Gasteiger partial charge in [-0.2, -0.15) is 0 Å². The van der Waals surface area contributed by atoms with Crippen molar-refractivity contribution in [1.82, 2.24) is 4.90 Å². The summed E-state index contributed by atoms with van der Waals surface area (Å²) in [5, 5.41) is 2.96. The highest BCUT2D eigenvalue weighted by molar-refractivity contribution is 6.16. The maximum Gasteiger partial charge on any atom is 0.258 e. The molecule has 0 radical (unpaired) electrons. The number of hydrogen-bond acceptors (Lipinski definition) is 4. The van der Waals surface area contributed by atoms with Gasteiger partial charge in [0.25, 0.3) is 11.8 Å². The van der Waals surface area contributed by atoms with E-state index in [4.69, 9.17) is 0 Å². The summed E-state index contributed by atoms with van der Waals surface area (Å²) in [5.74, 6) is -0.618. The van der Waals surface area contributed by atoms with Crippen LogP contribution in [0.1, 0.15) is 26.3 Å². The van der Waals surface area contributed by atoms with Crippen LogP contribution in [0.15, 0.2) is 97.1 Å². The molecular formula is C33H32N4O3. The summed E-state index contributed by atoms with van der Waals surface area (Å²) in [6.07, 6.45) is 0. The zero-order valence-electron chi connectivity index (χ0n) is 22.9. The fourth-order valence-electron chi connectivity index (χ4n) is 4.93. The summed E-state index contributed by atoms with van der Waals surface area (Å²) in [4.78, 5) is 45.1. The van der Waals surface area contributed by atoms with E-state index >= 15 is 0 Å². The van der Waals surface area contributed by atoms with Gasteiger partial charge in [-0.1, -0.05) is 54.6 Å². The van der Waals surface area contributed by atoms with Crippen LogP contribution in [0.3, 0.4) is 0 Å². The van der Waals surface area contributed by atoms with Crippen LogP contribution in [-0.4, -0.2) is 56.4 Å². The predicted molar refractivity (Wildman–Crippen MR) is 160 cm³/mol. The van der Waals surface area contributed by atoms with Gasteiger partial charge in [-0.25, -0.2) is 0 Å². The van der Waals surface area contributed by atoms with Gasteiger partial charge < -0.3 is 15.1 Å². The number of fused-ring (bicyclic) bond motifs is 1. The Morgan fingerprint density at radius 3 is 2.12 bits per heavy atom. The Kier molecular flexibility index (Phi) is 7.75. The molecule has 0 saturated heterocycles. The van der Waals surface area contributed by atoms with Crippen molar-refractivity contribution in [1.29, 1.82) is 0 Å². The van der Waals surface area contributed by atoms with Gasteiger partial charge in [-0.15, -0.1) is 0 Å². The zero-order chi connectivity index (χ0) is 28.2. The van der Waals surface area contributed by atoms with Crippen LogP contribution in [0.25, 0.3) is 11.1 Å². The second kappa shape index (κ2) is 11.6. The van der Waals surface area contributed by atoms with Gasteiger partial charge in [0.2, 0.25) is 5.91 Å². The van der Waals surface area contributed by atoms with E-state index in [-0.39, 0.29) is 24.3 Å². The Morgan fingerprint density at radius 2 is 1.43 bits per heavy atom. The molecule has 0 aromatic heterocycles. The molecule has 0 spiro atoms. The van der Waals surface area contributed by atoms with Crippen molar-refractivity contribution in [2.75, 3.05) is 48.8 Å². The lowest BCUT2D eigenvalue weighted by atomic mass is 9.95. The summed E-state index contributed by atoms with van der Waals surface area (Å²) in [5.41, 5.74) is 5.96. The summed E-state index contributed by atoms with van der Waals surface area (Å²) < 4.78 is 0. The van der Waals surface area contributed by atoms with Gasteiger partial charge >= 0.3 is 0 Å². The van der Waals surface area contributed by atoms with E-state index in [9.17, 15) is 14.4 Å². The minimum Gasteiger partial charge on any atom is -0.322 e. The highest BCUT2D eigenvalue weighted by atomic mass is 16.2. The van der Waals surface area contributed by atoms with Crippen molar-refractivity contribution >= 4 is 34.8 Å². The van der Waals surface area contributed by atoms with Crippen molar-refractivity contribution in [2.45, 2.75) is 6.92 Å². The van der Waals surface area contributed by atoms with Gasteiger partial charge in [0, 0.05) is 29.9 Å². The number of aryl methyl sites for hydroxylation is 1. The Balaban J connectivity index is 1.34. The van der Waals surface area contributed by atoms with Crippen molar-refractivity contribution in [3.8, 4) is 11.1 Å². The van der Waals surface area contributed by atoms with E-state index in [0.29, 0.717) is 29.0 Å². The van der Waals surface area contributed by atoms with Crippen molar-refractivity contribution in [2.24, 2.45) is 0 Å². The first-order valence-corrected chi connectivity index (χ1v) is 13.3. The molecule has 1 heterocycles. The van der Waals surface area contributed by atoms with Crippen molar-refractivity contribution in [3.63, 3.8) is 0 Å². The SMILES string of the molecule is Cc1ccccc1-c1ccccc1C(=O)Nc1ccc(C(=O)N2CC(=O)N(CCN(C)C)c3ccccc32)cc1. The number of hydrogen-bond donors (Lipinski definition) is 1. The average molecular weight is 533 g/mol. The Morgan fingerprint density at radius 1 is 0.800 bits per heavy atom. The van der Waals surface area contributed by atoms with Gasteiger partial charge in [-0.05, 0) is 80.2 Å². The Bertz CT molecular complexity index is 1560. The third-order valence-corrected chi connectivity index (χ3v) is 7.07. The van der Waals surface area contributed by atoms with Crippen LogP contribution in [0, 0.1) is 6.92 Å². The third-order valence-electron chi connectivity index (χ3n) is 7.07. The van der Waals surface area contributed by atoms with Crippen molar-refractivity contribution < 1.29 is 14.4 Å². The molecule has 0 bridgehead atoms. The van der Waals surface area contributed by atoms with E-state index < -0.39 is 0 Å². The molecule has 4 aromatic rings. The molecule has 5 rings (SSSR count). The molecular weight excluding hydrogens is 500 g/mol. The van der Waals surface area contributed by atoms with Crippen LogP contribution in [0.4, 0.5) is 17.1 Å². The molecule has 0 saturated carbocycles. The minimum absolute atomic E-state index is 0.0303. The van der Waals surface area contributed by atoms with Crippen molar-refractivity contribution in [3.05, 3.63) is 114 Å². The molecule has 3 amide bonds. The van der Waals surface area contributed by atoms with E-state index in [1.807, 2.05) is 98.7 Å². The molecule has 202 valence electrons. The number of likely N-dealkylation sites (N-methyl/N-ethyl adjacent to an activating group) is 1. The largest absolute Gasteiger partial charge is 0.322 e. The number of anilines is 3. The van der Waals surface area contributed by atoms with E-state index in [2.05, 4.69) is 5.32 Å². The van der Waals surface area contributed by atoms with Gasteiger partial charge in [0.05, 0.1) is 11.4 Å². The fourth-order valence-corrected chi connectivity index (χ4v) is 4.93.